The van der Waals surface area contributed by atoms with Gasteiger partial charge in [0.15, 0.2) is 0 Å². The Hall–Kier alpha value is -0.700. The maximum atomic E-state index is 13.1. The lowest BCUT2D eigenvalue weighted by molar-refractivity contribution is -0.121. The van der Waals surface area contributed by atoms with Gasteiger partial charge in [-0.3, -0.25) is 4.79 Å². The predicted octanol–water partition coefficient (Wildman–Crippen LogP) is 3.36. The molecule has 0 aliphatic heterocycles. The molecule has 76 valence electrons. The second-order valence-electron chi connectivity index (χ2n) is 3.51. The van der Waals surface area contributed by atoms with Crippen LogP contribution < -0.4 is 0 Å². The maximum Gasteiger partial charge on any atom is 0.139 e. The van der Waals surface area contributed by atoms with Crippen LogP contribution in [0.15, 0.2) is 22.7 Å². The van der Waals surface area contributed by atoms with E-state index in [0.29, 0.717) is 10.0 Å². The molecule has 0 aromatic heterocycles. The average molecular weight is 259 g/mol. The van der Waals surface area contributed by atoms with Crippen molar-refractivity contribution in [2.24, 2.45) is 5.92 Å². The van der Waals surface area contributed by atoms with Crippen molar-refractivity contribution < 1.29 is 9.18 Å². The highest BCUT2D eigenvalue weighted by Crippen LogP contribution is 2.21. The first-order valence-electron chi connectivity index (χ1n) is 4.48. The zero-order valence-corrected chi connectivity index (χ0v) is 9.77. The highest BCUT2D eigenvalue weighted by atomic mass is 79.9. The SMILES string of the molecule is CC(C)C(=O)Cc1cccc(F)c1Br. The first-order valence-corrected chi connectivity index (χ1v) is 5.27. The molecular weight excluding hydrogens is 247 g/mol. The van der Waals surface area contributed by atoms with Crippen LogP contribution in [0.2, 0.25) is 0 Å². The first-order chi connectivity index (χ1) is 6.52. The zero-order valence-electron chi connectivity index (χ0n) is 8.18. The van der Waals surface area contributed by atoms with Gasteiger partial charge in [-0.15, -0.1) is 0 Å². The molecule has 1 aromatic rings. The van der Waals surface area contributed by atoms with Gasteiger partial charge in [-0.05, 0) is 27.6 Å². The fourth-order valence-corrected chi connectivity index (χ4v) is 1.48. The van der Waals surface area contributed by atoms with Gasteiger partial charge in [-0.2, -0.15) is 0 Å². The lowest BCUT2D eigenvalue weighted by Crippen LogP contribution is -2.10. The molecule has 0 heterocycles. The molecule has 0 N–H and O–H groups in total. The van der Waals surface area contributed by atoms with Crippen molar-refractivity contribution in [3.05, 3.63) is 34.1 Å². The molecule has 0 amide bonds. The standard InChI is InChI=1S/C11H12BrFO/c1-7(2)10(14)6-8-4-3-5-9(13)11(8)12/h3-5,7H,6H2,1-2H3. The van der Waals surface area contributed by atoms with E-state index in [1.54, 1.807) is 12.1 Å². The minimum atomic E-state index is -0.320. The molecule has 0 saturated heterocycles. The van der Waals surface area contributed by atoms with Crippen molar-refractivity contribution in [3.8, 4) is 0 Å². The number of halogens is 2. The molecule has 0 unspecified atom stereocenters. The number of carbonyl (C=O) groups excluding carboxylic acids is 1. The summed E-state index contributed by atoms with van der Waals surface area (Å²) in [5.41, 5.74) is 0.712. The van der Waals surface area contributed by atoms with E-state index in [4.69, 9.17) is 0 Å². The van der Waals surface area contributed by atoms with E-state index in [1.165, 1.54) is 6.07 Å². The minimum absolute atomic E-state index is 0.00910. The Kier molecular flexibility index (Phi) is 3.81. The zero-order chi connectivity index (χ0) is 10.7. The van der Waals surface area contributed by atoms with Gasteiger partial charge < -0.3 is 0 Å². The van der Waals surface area contributed by atoms with Crippen molar-refractivity contribution in [1.82, 2.24) is 0 Å². The van der Waals surface area contributed by atoms with Crippen LogP contribution >= 0.6 is 15.9 Å². The lowest BCUT2D eigenvalue weighted by atomic mass is 10.0. The Labute approximate surface area is 91.5 Å². The minimum Gasteiger partial charge on any atom is -0.299 e. The van der Waals surface area contributed by atoms with E-state index in [-0.39, 0.29) is 23.9 Å². The average Bonchev–Trinajstić information content (AvgIpc) is 2.12. The summed E-state index contributed by atoms with van der Waals surface area (Å²) < 4.78 is 13.5. The molecule has 3 heteroatoms. The topological polar surface area (TPSA) is 17.1 Å². The highest BCUT2D eigenvalue weighted by Gasteiger charge is 2.12. The van der Waals surface area contributed by atoms with Crippen molar-refractivity contribution in [2.45, 2.75) is 20.3 Å². The smallest absolute Gasteiger partial charge is 0.139 e. The number of Topliss-reactive ketones (excluding diaryl/α,β-unsaturated/α-hetero) is 1. The third kappa shape index (κ3) is 2.64. The Morgan fingerprint density at radius 2 is 2.14 bits per heavy atom. The summed E-state index contributed by atoms with van der Waals surface area (Å²) in [6.07, 6.45) is 0.288. The normalized spacial score (nSPS) is 10.6. The van der Waals surface area contributed by atoms with Crippen LogP contribution in [0.1, 0.15) is 19.4 Å². The summed E-state index contributed by atoms with van der Waals surface area (Å²) >= 11 is 3.13. The molecule has 0 atom stereocenters. The van der Waals surface area contributed by atoms with E-state index in [9.17, 15) is 9.18 Å². The van der Waals surface area contributed by atoms with Crippen LogP contribution in [0.25, 0.3) is 0 Å². The van der Waals surface area contributed by atoms with Crippen LogP contribution in [0, 0.1) is 11.7 Å². The Morgan fingerprint density at radius 3 is 2.71 bits per heavy atom. The largest absolute Gasteiger partial charge is 0.299 e. The Morgan fingerprint density at radius 1 is 1.50 bits per heavy atom. The Bertz CT molecular complexity index is 347. The van der Waals surface area contributed by atoms with E-state index in [0.717, 1.165) is 0 Å². The van der Waals surface area contributed by atoms with Gasteiger partial charge in [0.1, 0.15) is 11.6 Å². The number of carbonyl (C=O) groups is 1. The van der Waals surface area contributed by atoms with Gasteiger partial charge in [0, 0.05) is 12.3 Å². The van der Waals surface area contributed by atoms with Gasteiger partial charge in [-0.25, -0.2) is 4.39 Å². The second kappa shape index (κ2) is 4.69. The van der Waals surface area contributed by atoms with E-state index in [2.05, 4.69) is 15.9 Å². The quantitative estimate of drug-likeness (QED) is 0.813. The molecule has 0 aliphatic carbocycles. The maximum absolute atomic E-state index is 13.1. The van der Waals surface area contributed by atoms with Crippen molar-refractivity contribution >= 4 is 21.7 Å². The molecule has 14 heavy (non-hydrogen) atoms. The molecule has 0 saturated carbocycles. The van der Waals surface area contributed by atoms with Crippen molar-refractivity contribution in [2.75, 3.05) is 0 Å². The third-order valence-electron chi connectivity index (χ3n) is 2.04. The summed E-state index contributed by atoms with van der Waals surface area (Å²) in [5.74, 6) is -0.208. The number of hydrogen-bond donors (Lipinski definition) is 0. The predicted molar refractivity (Wildman–Crippen MR) is 57.6 cm³/mol. The summed E-state index contributed by atoms with van der Waals surface area (Å²) in [4.78, 5) is 11.4. The molecule has 0 aliphatic rings. The fourth-order valence-electron chi connectivity index (χ4n) is 1.08. The molecule has 0 fully saturated rings. The second-order valence-corrected chi connectivity index (χ2v) is 4.30. The number of benzene rings is 1. The monoisotopic (exact) mass is 258 g/mol. The van der Waals surface area contributed by atoms with Crippen LogP contribution in [-0.4, -0.2) is 5.78 Å². The summed E-state index contributed by atoms with van der Waals surface area (Å²) in [6.45, 7) is 3.69. The summed E-state index contributed by atoms with van der Waals surface area (Å²) in [6, 6.07) is 4.74. The first kappa shape index (κ1) is 11.4. The van der Waals surface area contributed by atoms with Crippen LogP contribution in [-0.2, 0) is 11.2 Å². The van der Waals surface area contributed by atoms with Gasteiger partial charge in [-0.1, -0.05) is 26.0 Å². The molecule has 1 aromatic carbocycles. The molecular formula is C11H12BrFO. The van der Waals surface area contributed by atoms with Gasteiger partial charge in [0.05, 0.1) is 4.47 Å². The van der Waals surface area contributed by atoms with Gasteiger partial charge in [0.25, 0.3) is 0 Å². The van der Waals surface area contributed by atoms with Crippen LogP contribution in [0.3, 0.4) is 0 Å². The fraction of sp³-hybridized carbons (Fsp3) is 0.364. The number of ketones is 1. The lowest BCUT2D eigenvalue weighted by Gasteiger charge is -2.06. The molecule has 0 bridgehead atoms. The van der Waals surface area contributed by atoms with Crippen molar-refractivity contribution in [3.63, 3.8) is 0 Å². The summed E-state index contributed by atoms with van der Waals surface area (Å²) in [5, 5.41) is 0. The molecule has 1 rings (SSSR count). The number of hydrogen-bond acceptors (Lipinski definition) is 1. The molecule has 1 nitrogen and oxygen atoms in total. The van der Waals surface area contributed by atoms with E-state index >= 15 is 0 Å². The van der Waals surface area contributed by atoms with E-state index < -0.39 is 0 Å². The van der Waals surface area contributed by atoms with Gasteiger partial charge >= 0.3 is 0 Å². The summed E-state index contributed by atoms with van der Waals surface area (Å²) in [7, 11) is 0. The number of rotatable bonds is 3. The van der Waals surface area contributed by atoms with E-state index in [1.807, 2.05) is 13.8 Å². The highest BCUT2D eigenvalue weighted by molar-refractivity contribution is 9.10. The van der Waals surface area contributed by atoms with Gasteiger partial charge in [0.2, 0.25) is 0 Å². The Balaban J connectivity index is 2.87. The molecule has 0 radical (unpaired) electrons. The van der Waals surface area contributed by atoms with Crippen molar-refractivity contribution in [1.29, 1.82) is 0 Å². The molecule has 0 spiro atoms. The van der Waals surface area contributed by atoms with Crippen LogP contribution in [0.4, 0.5) is 4.39 Å². The third-order valence-corrected chi connectivity index (χ3v) is 2.93. The van der Waals surface area contributed by atoms with Crippen LogP contribution in [0.5, 0.6) is 0 Å².